The third-order valence-corrected chi connectivity index (χ3v) is 3.29. The highest BCUT2D eigenvalue weighted by Gasteiger charge is 2.14. The van der Waals surface area contributed by atoms with E-state index >= 15 is 0 Å². The predicted molar refractivity (Wildman–Crippen MR) is 78.1 cm³/mol. The number of imidazole rings is 1. The molecule has 0 fully saturated rings. The molecule has 3 aromatic heterocycles. The van der Waals surface area contributed by atoms with Crippen LogP contribution in [0.4, 0.5) is 0 Å². The number of carbonyl (C=O) groups excluding carboxylic acids is 1. The second-order valence-corrected chi connectivity index (χ2v) is 4.89. The van der Waals surface area contributed by atoms with Crippen molar-refractivity contribution in [2.45, 2.75) is 19.9 Å². The van der Waals surface area contributed by atoms with E-state index in [1.807, 2.05) is 17.7 Å². The number of nitrogens with one attached hydrogen (secondary N) is 1. The van der Waals surface area contributed by atoms with E-state index < -0.39 is 0 Å². The van der Waals surface area contributed by atoms with Gasteiger partial charge in [0.15, 0.2) is 11.5 Å². The Labute approximate surface area is 126 Å². The maximum absolute atomic E-state index is 12.0. The van der Waals surface area contributed by atoms with E-state index in [-0.39, 0.29) is 11.6 Å². The van der Waals surface area contributed by atoms with Gasteiger partial charge in [-0.1, -0.05) is 5.16 Å². The standard InChI is InChI=1S/C15H16N4O3/c1-11-9-16-10-19(11)6-3-5-17-15(20)12-8-14(22-18-12)13-4-2-7-21-13/h2,4,7-10H,3,5-6H2,1H3,(H,17,20). The van der Waals surface area contributed by atoms with E-state index in [0.717, 1.165) is 18.7 Å². The highest BCUT2D eigenvalue weighted by Crippen LogP contribution is 2.20. The van der Waals surface area contributed by atoms with Crippen LogP contribution in [0.1, 0.15) is 22.6 Å². The number of rotatable bonds is 6. The fraction of sp³-hybridized carbons (Fsp3) is 0.267. The zero-order valence-corrected chi connectivity index (χ0v) is 12.2. The molecule has 3 rings (SSSR count). The molecule has 0 unspecified atom stereocenters. The van der Waals surface area contributed by atoms with Gasteiger partial charge >= 0.3 is 0 Å². The van der Waals surface area contributed by atoms with E-state index in [2.05, 4.69) is 15.5 Å². The molecule has 7 nitrogen and oxygen atoms in total. The first-order chi connectivity index (χ1) is 10.7. The molecule has 0 spiro atoms. The van der Waals surface area contributed by atoms with Gasteiger partial charge in [0.25, 0.3) is 5.91 Å². The van der Waals surface area contributed by atoms with Crippen LogP contribution in [0.5, 0.6) is 0 Å². The van der Waals surface area contributed by atoms with Gasteiger partial charge < -0.3 is 18.8 Å². The normalized spacial score (nSPS) is 10.8. The van der Waals surface area contributed by atoms with E-state index in [9.17, 15) is 4.79 Å². The minimum Gasteiger partial charge on any atom is -0.461 e. The molecule has 7 heteroatoms. The number of aromatic nitrogens is 3. The number of furan rings is 1. The molecule has 22 heavy (non-hydrogen) atoms. The Bertz CT molecular complexity index is 743. The van der Waals surface area contributed by atoms with E-state index in [1.54, 1.807) is 24.5 Å². The van der Waals surface area contributed by atoms with Crippen LogP contribution in [0.3, 0.4) is 0 Å². The van der Waals surface area contributed by atoms with Crippen LogP contribution in [-0.4, -0.2) is 27.2 Å². The Morgan fingerprint density at radius 3 is 3.05 bits per heavy atom. The number of carbonyl (C=O) groups is 1. The maximum Gasteiger partial charge on any atom is 0.273 e. The lowest BCUT2D eigenvalue weighted by molar-refractivity contribution is 0.0943. The summed E-state index contributed by atoms with van der Waals surface area (Å²) in [6, 6.07) is 5.06. The zero-order chi connectivity index (χ0) is 15.4. The SMILES string of the molecule is Cc1cncn1CCCNC(=O)c1cc(-c2ccco2)on1. The van der Waals surface area contributed by atoms with Gasteiger partial charge in [0, 0.05) is 31.0 Å². The van der Waals surface area contributed by atoms with Crippen LogP contribution in [-0.2, 0) is 6.54 Å². The summed E-state index contributed by atoms with van der Waals surface area (Å²) in [6.07, 6.45) is 5.94. The summed E-state index contributed by atoms with van der Waals surface area (Å²) < 4.78 is 12.3. The Morgan fingerprint density at radius 2 is 2.32 bits per heavy atom. The van der Waals surface area contributed by atoms with Crippen molar-refractivity contribution in [1.29, 1.82) is 0 Å². The van der Waals surface area contributed by atoms with Crippen molar-refractivity contribution >= 4 is 5.91 Å². The van der Waals surface area contributed by atoms with Crippen molar-refractivity contribution in [2.24, 2.45) is 0 Å². The van der Waals surface area contributed by atoms with E-state index in [1.165, 1.54) is 6.26 Å². The summed E-state index contributed by atoms with van der Waals surface area (Å²) in [5, 5.41) is 6.57. The van der Waals surface area contributed by atoms with E-state index in [4.69, 9.17) is 8.94 Å². The first-order valence-electron chi connectivity index (χ1n) is 6.99. The number of aryl methyl sites for hydroxylation is 2. The summed E-state index contributed by atoms with van der Waals surface area (Å²) in [7, 11) is 0. The molecule has 0 aliphatic carbocycles. The van der Waals surface area contributed by atoms with Gasteiger partial charge in [-0.05, 0) is 25.5 Å². The van der Waals surface area contributed by atoms with Crippen molar-refractivity contribution in [3.8, 4) is 11.5 Å². The lowest BCUT2D eigenvalue weighted by atomic mass is 10.3. The van der Waals surface area contributed by atoms with Crippen LogP contribution in [0, 0.1) is 6.92 Å². The Hall–Kier alpha value is -2.83. The number of amides is 1. The van der Waals surface area contributed by atoms with Gasteiger partial charge in [-0.3, -0.25) is 4.79 Å². The second kappa shape index (κ2) is 6.30. The molecule has 0 aliphatic rings. The first kappa shape index (κ1) is 14.1. The van der Waals surface area contributed by atoms with Gasteiger partial charge in [0.05, 0.1) is 12.6 Å². The van der Waals surface area contributed by atoms with Crippen LogP contribution in [0.15, 0.2) is 45.9 Å². The van der Waals surface area contributed by atoms with Crippen LogP contribution in [0.2, 0.25) is 0 Å². The molecule has 0 saturated heterocycles. The van der Waals surface area contributed by atoms with Crippen molar-refractivity contribution in [1.82, 2.24) is 20.0 Å². The highest BCUT2D eigenvalue weighted by molar-refractivity contribution is 5.92. The molecule has 0 radical (unpaired) electrons. The molecular weight excluding hydrogens is 284 g/mol. The molecule has 0 aromatic carbocycles. The van der Waals surface area contributed by atoms with Gasteiger partial charge in [0.1, 0.15) is 0 Å². The molecular formula is C15H16N4O3. The van der Waals surface area contributed by atoms with Crippen LogP contribution in [0.25, 0.3) is 11.5 Å². The number of nitrogens with zero attached hydrogens (tertiary/aromatic N) is 3. The smallest absolute Gasteiger partial charge is 0.273 e. The maximum atomic E-state index is 12.0. The quantitative estimate of drug-likeness (QED) is 0.706. The molecule has 0 atom stereocenters. The predicted octanol–water partition coefficient (Wildman–Crippen LogP) is 2.26. The van der Waals surface area contributed by atoms with Gasteiger partial charge in [-0.2, -0.15) is 0 Å². The second-order valence-electron chi connectivity index (χ2n) is 4.89. The molecule has 114 valence electrons. The molecule has 3 aromatic rings. The molecule has 1 N–H and O–H groups in total. The Balaban J connectivity index is 1.49. The lowest BCUT2D eigenvalue weighted by Crippen LogP contribution is -2.25. The molecule has 1 amide bonds. The summed E-state index contributed by atoms with van der Waals surface area (Å²) in [5.41, 5.74) is 1.34. The lowest BCUT2D eigenvalue weighted by Gasteiger charge is -2.05. The average molecular weight is 300 g/mol. The highest BCUT2D eigenvalue weighted by atomic mass is 16.5. The summed E-state index contributed by atoms with van der Waals surface area (Å²) in [5.74, 6) is 0.718. The van der Waals surface area contributed by atoms with Crippen molar-refractivity contribution in [3.05, 3.63) is 48.4 Å². The third-order valence-electron chi connectivity index (χ3n) is 3.29. The number of hydrogen-bond acceptors (Lipinski definition) is 5. The van der Waals surface area contributed by atoms with Gasteiger partial charge in [0.2, 0.25) is 5.76 Å². The topological polar surface area (TPSA) is 86.1 Å². The van der Waals surface area contributed by atoms with Gasteiger partial charge in [-0.25, -0.2) is 4.98 Å². The third kappa shape index (κ3) is 3.08. The fourth-order valence-electron chi connectivity index (χ4n) is 2.08. The van der Waals surface area contributed by atoms with Crippen molar-refractivity contribution < 1.29 is 13.7 Å². The monoisotopic (exact) mass is 300 g/mol. The zero-order valence-electron chi connectivity index (χ0n) is 12.2. The summed E-state index contributed by atoms with van der Waals surface area (Å²) >= 11 is 0. The minimum absolute atomic E-state index is 0.241. The summed E-state index contributed by atoms with van der Waals surface area (Å²) in [4.78, 5) is 16.0. The Kier molecular flexibility index (Phi) is 4.04. The fourth-order valence-corrected chi connectivity index (χ4v) is 2.08. The van der Waals surface area contributed by atoms with Gasteiger partial charge in [-0.15, -0.1) is 0 Å². The minimum atomic E-state index is -0.260. The molecule has 0 bridgehead atoms. The number of hydrogen-bond donors (Lipinski definition) is 1. The van der Waals surface area contributed by atoms with Crippen LogP contribution < -0.4 is 5.32 Å². The Morgan fingerprint density at radius 1 is 1.41 bits per heavy atom. The molecule has 0 saturated carbocycles. The summed E-state index contributed by atoms with van der Waals surface area (Å²) in [6.45, 7) is 3.36. The first-order valence-corrected chi connectivity index (χ1v) is 6.99. The average Bonchev–Trinajstić information content (AvgIpc) is 3.24. The van der Waals surface area contributed by atoms with Crippen molar-refractivity contribution in [2.75, 3.05) is 6.54 Å². The van der Waals surface area contributed by atoms with Crippen molar-refractivity contribution in [3.63, 3.8) is 0 Å². The van der Waals surface area contributed by atoms with Crippen LogP contribution >= 0.6 is 0 Å². The largest absolute Gasteiger partial charge is 0.461 e. The van der Waals surface area contributed by atoms with E-state index in [0.29, 0.717) is 18.1 Å². The molecule has 0 aliphatic heterocycles. The molecule has 3 heterocycles.